The minimum Gasteiger partial charge on any atom is -0.491 e. The standard InChI is InChI=1S/C17H25BrClNO2/c1-2-3-4-5-6-10-20-17(21)13-14-7-8-16(15(19)12-14)22-11-9-18/h7-8,12H,2-6,9-11,13H2,1H3,(H,20,21). The molecule has 22 heavy (non-hydrogen) atoms. The summed E-state index contributed by atoms with van der Waals surface area (Å²) in [5.41, 5.74) is 0.902. The average Bonchev–Trinajstić information content (AvgIpc) is 2.50. The minimum absolute atomic E-state index is 0.0423. The van der Waals surface area contributed by atoms with Gasteiger partial charge < -0.3 is 10.1 Å². The largest absolute Gasteiger partial charge is 0.491 e. The van der Waals surface area contributed by atoms with Gasteiger partial charge in [-0.15, -0.1) is 0 Å². The normalized spacial score (nSPS) is 10.5. The number of hydrogen-bond acceptors (Lipinski definition) is 2. The highest BCUT2D eigenvalue weighted by Gasteiger charge is 2.07. The lowest BCUT2D eigenvalue weighted by Gasteiger charge is -2.09. The number of unbranched alkanes of at least 4 members (excludes halogenated alkanes) is 4. The summed E-state index contributed by atoms with van der Waals surface area (Å²) in [4.78, 5) is 11.9. The third-order valence-electron chi connectivity index (χ3n) is 3.30. The van der Waals surface area contributed by atoms with E-state index in [1.54, 1.807) is 6.07 Å². The number of halogens is 2. The van der Waals surface area contributed by atoms with Crippen molar-refractivity contribution in [3.05, 3.63) is 28.8 Å². The first-order chi connectivity index (χ1) is 10.7. The van der Waals surface area contributed by atoms with Crippen LogP contribution in [0.15, 0.2) is 18.2 Å². The summed E-state index contributed by atoms with van der Waals surface area (Å²) in [6, 6.07) is 5.50. The maximum atomic E-state index is 11.9. The fourth-order valence-electron chi connectivity index (χ4n) is 2.12. The number of benzene rings is 1. The second-order valence-corrected chi connectivity index (χ2v) is 6.44. The molecule has 0 bridgehead atoms. The smallest absolute Gasteiger partial charge is 0.224 e. The monoisotopic (exact) mass is 389 g/mol. The van der Waals surface area contributed by atoms with Crippen LogP contribution in [0.1, 0.15) is 44.6 Å². The van der Waals surface area contributed by atoms with Gasteiger partial charge in [0.2, 0.25) is 5.91 Å². The predicted octanol–water partition coefficient (Wildman–Crippen LogP) is 4.74. The van der Waals surface area contributed by atoms with Crippen molar-refractivity contribution in [2.75, 3.05) is 18.5 Å². The Kier molecular flexibility index (Phi) is 10.3. The zero-order chi connectivity index (χ0) is 16.2. The van der Waals surface area contributed by atoms with Crippen LogP contribution in [0.3, 0.4) is 0 Å². The molecule has 1 amide bonds. The molecule has 1 N–H and O–H groups in total. The number of carbonyl (C=O) groups is 1. The molecular formula is C17H25BrClNO2. The molecule has 1 rings (SSSR count). The number of rotatable bonds is 11. The highest BCUT2D eigenvalue weighted by atomic mass is 79.9. The Morgan fingerprint density at radius 3 is 2.73 bits per heavy atom. The molecule has 5 heteroatoms. The average molecular weight is 391 g/mol. The number of nitrogens with one attached hydrogen (secondary N) is 1. The maximum Gasteiger partial charge on any atom is 0.224 e. The van der Waals surface area contributed by atoms with E-state index in [1.807, 2.05) is 12.1 Å². The van der Waals surface area contributed by atoms with E-state index in [0.29, 0.717) is 23.8 Å². The van der Waals surface area contributed by atoms with Crippen LogP contribution in [-0.4, -0.2) is 24.4 Å². The minimum atomic E-state index is 0.0423. The summed E-state index contributed by atoms with van der Waals surface area (Å²) in [6.07, 6.45) is 6.34. The Hall–Kier alpha value is -0.740. The lowest BCUT2D eigenvalue weighted by molar-refractivity contribution is -0.120. The van der Waals surface area contributed by atoms with Crippen LogP contribution in [0.25, 0.3) is 0 Å². The molecular weight excluding hydrogens is 366 g/mol. The molecule has 0 radical (unpaired) electrons. The van der Waals surface area contributed by atoms with Crippen molar-refractivity contribution in [3.8, 4) is 5.75 Å². The van der Waals surface area contributed by atoms with Crippen LogP contribution in [0.2, 0.25) is 5.02 Å². The van der Waals surface area contributed by atoms with Crippen LogP contribution in [0, 0.1) is 0 Å². The maximum absolute atomic E-state index is 11.9. The Morgan fingerprint density at radius 2 is 2.05 bits per heavy atom. The van der Waals surface area contributed by atoms with E-state index in [1.165, 1.54) is 25.7 Å². The van der Waals surface area contributed by atoms with Gasteiger partial charge >= 0.3 is 0 Å². The molecule has 0 aromatic heterocycles. The van der Waals surface area contributed by atoms with Gasteiger partial charge in [0.15, 0.2) is 0 Å². The molecule has 3 nitrogen and oxygen atoms in total. The van der Waals surface area contributed by atoms with Crippen molar-refractivity contribution in [1.82, 2.24) is 5.32 Å². The summed E-state index contributed by atoms with van der Waals surface area (Å²) in [5, 5.41) is 4.26. The van der Waals surface area contributed by atoms with Crippen LogP contribution >= 0.6 is 27.5 Å². The number of carbonyl (C=O) groups excluding carboxylic acids is 1. The summed E-state index contributed by atoms with van der Waals surface area (Å²) < 4.78 is 5.48. The molecule has 124 valence electrons. The van der Waals surface area contributed by atoms with E-state index in [0.717, 1.165) is 23.9 Å². The van der Waals surface area contributed by atoms with Crippen LogP contribution in [0.4, 0.5) is 0 Å². The van der Waals surface area contributed by atoms with Crippen LogP contribution in [-0.2, 0) is 11.2 Å². The van der Waals surface area contributed by atoms with Crippen LogP contribution < -0.4 is 10.1 Å². The lowest BCUT2D eigenvalue weighted by Crippen LogP contribution is -2.26. The third kappa shape index (κ3) is 8.04. The van der Waals surface area contributed by atoms with Gasteiger partial charge in [0, 0.05) is 11.9 Å². The molecule has 0 unspecified atom stereocenters. The molecule has 0 atom stereocenters. The fraction of sp³-hybridized carbons (Fsp3) is 0.588. The van der Waals surface area contributed by atoms with E-state index < -0.39 is 0 Å². The predicted molar refractivity (Wildman–Crippen MR) is 96.2 cm³/mol. The number of ether oxygens (including phenoxy) is 1. The molecule has 1 aromatic carbocycles. The van der Waals surface area contributed by atoms with Crippen LogP contribution in [0.5, 0.6) is 5.75 Å². The quantitative estimate of drug-likeness (QED) is 0.437. The second-order valence-electron chi connectivity index (χ2n) is 5.24. The molecule has 0 heterocycles. The number of alkyl halides is 1. The highest BCUT2D eigenvalue weighted by molar-refractivity contribution is 9.09. The van der Waals surface area contributed by atoms with E-state index in [9.17, 15) is 4.79 Å². The molecule has 0 aliphatic heterocycles. The molecule has 0 aliphatic carbocycles. The summed E-state index contributed by atoms with van der Waals surface area (Å²) in [7, 11) is 0. The molecule has 0 fully saturated rings. The van der Waals surface area contributed by atoms with Crippen molar-refractivity contribution in [3.63, 3.8) is 0 Å². The van der Waals surface area contributed by atoms with Gasteiger partial charge in [0.1, 0.15) is 5.75 Å². The van der Waals surface area contributed by atoms with E-state index in [4.69, 9.17) is 16.3 Å². The topological polar surface area (TPSA) is 38.3 Å². The Bertz CT molecular complexity index is 454. The van der Waals surface area contributed by atoms with Gasteiger partial charge in [0.25, 0.3) is 0 Å². The van der Waals surface area contributed by atoms with Crippen molar-refractivity contribution in [2.24, 2.45) is 0 Å². The Balaban J connectivity index is 2.30. The Labute approximate surface area is 146 Å². The van der Waals surface area contributed by atoms with E-state index in [2.05, 4.69) is 28.2 Å². The molecule has 0 aliphatic rings. The first kappa shape index (κ1) is 19.3. The summed E-state index contributed by atoms with van der Waals surface area (Å²) in [6.45, 7) is 3.52. The molecule has 0 spiro atoms. The van der Waals surface area contributed by atoms with E-state index >= 15 is 0 Å². The summed E-state index contributed by atoms with van der Waals surface area (Å²) >= 11 is 9.45. The van der Waals surface area contributed by atoms with E-state index in [-0.39, 0.29) is 5.91 Å². The van der Waals surface area contributed by atoms with Crippen molar-refractivity contribution < 1.29 is 9.53 Å². The number of amides is 1. The van der Waals surface area contributed by atoms with Gasteiger partial charge in [-0.2, -0.15) is 0 Å². The Morgan fingerprint density at radius 1 is 1.27 bits per heavy atom. The van der Waals surface area contributed by atoms with Gasteiger partial charge in [-0.05, 0) is 24.1 Å². The summed E-state index contributed by atoms with van der Waals surface area (Å²) in [5.74, 6) is 0.696. The third-order valence-corrected chi connectivity index (χ3v) is 3.92. The van der Waals surface area contributed by atoms with Gasteiger partial charge in [-0.1, -0.05) is 66.2 Å². The fourth-order valence-corrected chi connectivity index (χ4v) is 2.54. The van der Waals surface area contributed by atoms with Gasteiger partial charge in [-0.3, -0.25) is 4.79 Å². The van der Waals surface area contributed by atoms with Crippen molar-refractivity contribution in [1.29, 1.82) is 0 Å². The number of hydrogen-bond donors (Lipinski definition) is 1. The lowest BCUT2D eigenvalue weighted by atomic mass is 10.1. The molecule has 1 aromatic rings. The zero-order valence-electron chi connectivity index (χ0n) is 13.2. The second kappa shape index (κ2) is 11.8. The zero-order valence-corrected chi connectivity index (χ0v) is 15.5. The SMILES string of the molecule is CCCCCCCNC(=O)Cc1ccc(OCCBr)c(Cl)c1. The van der Waals surface area contributed by atoms with Crippen molar-refractivity contribution >= 4 is 33.4 Å². The first-order valence-electron chi connectivity index (χ1n) is 7.91. The van der Waals surface area contributed by atoms with Gasteiger partial charge in [0.05, 0.1) is 18.1 Å². The van der Waals surface area contributed by atoms with Gasteiger partial charge in [-0.25, -0.2) is 0 Å². The first-order valence-corrected chi connectivity index (χ1v) is 9.41. The molecule has 0 saturated carbocycles. The highest BCUT2D eigenvalue weighted by Crippen LogP contribution is 2.25. The molecule has 0 saturated heterocycles. The van der Waals surface area contributed by atoms with Crippen molar-refractivity contribution in [2.45, 2.75) is 45.4 Å².